The number of carbonyl (C=O) groups is 3. The quantitative estimate of drug-likeness (QED) is 0.0262. The highest BCUT2D eigenvalue weighted by atomic mass is 16.6. The zero-order chi connectivity index (χ0) is 47.9. The number of unbranched alkanes of at least 4 members (excludes halogenated alkanes) is 27. The minimum absolute atomic E-state index is 0.0815. The molecule has 0 rings (SSSR count). The Balaban J connectivity index is 4.38. The summed E-state index contributed by atoms with van der Waals surface area (Å²) < 4.78 is 16.8. The van der Waals surface area contributed by atoms with Crippen molar-refractivity contribution < 1.29 is 28.6 Å². The van der Waals surface area contributed by atoms with Gasteiger partial charge in [0, 0.05) is 19.3 Å². The molecule has 0 amide bonds. The van der Waals surface area contributed by atoms with Crippen LogP contribution < -0.4 is 0 Å². The van der Waals surface area contributed by atoms with E-state index in [0.717, 1.165) is 103 Å². The molecule has 0 spiro atoms. The second-order valence-corrected chi connectivity index (χ2v) is 18.5. The third-order valence-corrected chi connectivity index (χ3v) is 11.9. The Morgan fingerprint density at radius 1 is 0.318 bits per heavy atom. The van der Waals surface area contributed by atoms with Gasteiger partial charge in [-0.2, -0.15) is 0 Å². The van der Waals surface area contributed by atoms with Crippen LogP contribution in [0.15, 0.2) is 72.9 Å². The first kappa shape index (κ1) is 62.8. The summed E-state index contributed by atoms with van der Waals surface area (Å²) in [5.41, 5.74) is 0. The predicted molar refractivity (Wildman–Crippen MR) is 284 cm³/mol. The summed E-state index contributed by atoms with van der Waals surface area (Å²) in [7, 11) is 0. The van der Waals surface area contributed by atoms with Crippen LogP contribution in [-0.4, -0.2) is 37.2 Å². The molecule has 0 saturated carbocycles. The van der Waals surface area contributed by atoms with Crippen molar-refractivity contribution in [3.63, 3.8) is 0 Å². The van der Waals surface area contributed by atoms with E-state index in [1.807, 2.05) is 0 Å². The zero-order valence-corrected chi connectivity index (χ0v) is 43.4. The fourth-order valence-electron chi connectivity index (χ4n) is 7.76. The predicted octanol–water partition coefficient (Wildman–Crippen LogP) is 18.6. The molecule has 0 aliphatic rings. The van der Waals surface area contributed by atoms with Crippen molar-refractivity contribution in [2.45, 2.75) is 277 Å². The van der Waals surface area contributed by atoms with Crippen molar-refractivity contribution >= 4 is 17.9 Å². The lowest BCUT2D eigenvalue weighted by Gasteiger charge is -2.18. The standard InChI is InChI=1S/C60H104O6/c1-4-7-10-13-16-19-22-24-26-28-30-32-33-35-38-41-44-47-50-53-59(62)65-56-57(55-64-58(61)52-49-46-43-40-37-21-18-15-12-9-6-3)66-60(63)54-51-48-45-42-39-36-34-31-29-27-25-23-20-17-14-11-8-5-2/h7,10,16,19-20,23-24,26-27,29-30,32,57H,4-6,8-9,11-15,17-18,21-22,25,28,31,33-56H2,1-3H3/b10-7-,19-16-,23-20-,26-24-,29-27-,32-30-. The molecule has 6 nitrogen and oxygen atoms in total. The summed E-state index contributed by atoms with van der Waals surface area (Å²) in [6.45, 7) is 6.50. The van der Waals surface area contributed by atoms with Gasteiger partial charge in [0.15, 0.2) is 6.10 Å². The maximum absolute atomic E-state index is 12.8. The maximum atomic E-state index is 12.8. The highest BCUT2D eigenvalue weighted by Gasteiger charge is 2.19. The van der Waals surface area contributed by atoms with E-state index in [-0.39, 0.29) is 31.1 Å². The lowest BCUT2D eigenvalue weighted by Crippen LogP contribution is -2.30. The van der Waals surface area contributed by atoms with Crippen LogP contribution in [0.3, 0.4) is 0 Å². The molecule has 0 N–H and O–H groups in total. The number of esters is 3. The van der Waals surface area contributed by atoms with Crippen molar-refractivity contribution in [3.8, 4) is 0 Å². The smallest absolute Gasteiger partial charge is 0.306 e. The number of allylic oxidation sites excluding steroid dienone is 12. The van der Waals surface area contributed by atoms with Crippen LogP contribution in [-0.2, 0) is 28.6 Å². The van der Waals surface area contributed by atoms with Crippen LogP contribution in [0.25, 0.3) is 0 Å². The Hall–Kier alpha value is -3.15. The molecule has 6 heteroatoms. The van der Waals surface area contributed by atoms with Crippen LogP contribution >= 0.6 is 0 Å². The molecule has 0 bridgehead atoms. The van der Waals surface area contributed by atoms with Crippen LogP contribution in [0.2, 0.25) is 0 Å². The summed E-state index contributed by atoms with van der Waals surface area (Å²) in [4.78, 5) is 38.1. The van der Waals surface area contributed by atoms with E-state index in [1.165, 1.54) is 128 Å². The molecule has 0 aromatic heterocycles. The fourth-order valence-corrected chi connectivity index (χ4v) is 7.76. The minimum Gasteiger partial charge on any atom is -0.462 e. The Labute approximate surface area is 408 Å². The van der Waals surface area contributed by atoms with Gasteiger partial charge in [0.1, 0.15) is 13.2 Å². The lowest BCUT2D eigenvalue weighted by atomic mass is 10.1. The Kier molecular flexibility index (Phi) is 51.9. The number of ether oxygens (including phenoxy) is 3. The minimum atomic E-state index is -0.784. The Bertz CT molecular complexity index is 1240. The summed E-state index contributed by atoms with van der Waals surface area (Å²) in [6, 6.07) is 0. The Morgan fingerprint density at radius 2 is 0.591 bits per heavy atom. The molecular formula is C60H104O6. The maximum Gasteiger partial charge on any atom is 0.306 e. The molecule has 0 saturated heterocycles. The first-order chi connectivity index (χ1) is 32.5. The van der Waals surface area contributed by atoms with Crippen LogP contribution in [0.4, 0.5) is 0 Å². The van der Waals surface area contributed by atoms with E-state index in [4.69, 9.17) is 14.2 Å². The third-order valence-electron chi connectivity index (χ3n) is 11.9. The van der Waals surface area contributed by atoms with Gasteiger partial charge >= 0.3 is 17.9 Å². The average Bonchev–Trinajstić information content (AvgIpc) is 3.31. The molecule has 66 heavy (non-hydrogen) atoms. The third kappa shape index (κ3) is 51.8. The molecule has 380 valence electrons. The lowest BCUT2D eigenvalue weighted by molar-refractivity contribution is -0.167. The topological polar surface area (TPSA) is 78.9 Å². The summed E-state index contributed by atoms with van der Waals surface area (Å²) in [6.07, 6.45) is 68.8. The van der Waals surface area contributed by atoms with Crippen molar-refractivity contribution in [2.75, 3.05) is 13.2 Å². The van der Waals surface area contributed by atoms with Crippen LogP contribution in [0.5, 0.6) is 0 Å². The van der Waals surface area contributed by atoms with E-state index in [0.29, 0.717) is 19.3 Å². The van der Waals surface area contributed by atoms with Gasteiger partial charge in [-0.15, -0.1) is 0 Å². The summed E-state index contributed by atoms with van der Waals surface area (Å²) in [5.74, 6) is -0.898. The van der Waals surface area contributed by atoms with E-state index >= 15 is 0 Å². The van der Waals surface area contributed by atoms with E-state index in [9.17, 15) is 14.4 Å². The second kappa shape index (κ2) is 54.5. The van der Waals surface area contributed by atoms with E-state index < -0.39 is 6.10 Å². The fraction of sp³-hybridized carbons (Fsp3) is 0.750. The first-order valence-electron chi connectivity index (χ1n) is 27.9. The molecule has 0 aliphatic heterocycles. The monoisotopic (exact) mass is 921 g/mol. The number of hydrogen-bond donors (Lipinski definition) is 0. The van der Waals surface area contributed by atoms with Crippen molar-refractivity contribution in [3.05, 3.63) is 72.9 Å². The highest BCUT2D eigenvalue weighted by Crippen LogP contribution is 2.15. The molecule has 0 aliphatic carbocycles. The number of rotatable bonds is 50. The van der Waals surface area contributed by atoms with Crippen molar-refractivity contribution in [2.24, 2.45) is 0 Å². The summed E-state index contributed by atoms with van der Waals surface area (Å²) in [5, 5.41) is 0. The van der Waals surface area contributed by atoms with Gasteiger partial charge in [0.25, 0.3) is 0 Å². The molecule has 0 aromatic rings. The SMILES string of the molecule is CC/C=C\C/C=C\C/C=C\C/C=C\CCCCCCCCC(=O)OCC(COC(=O)CCCCCCCCCCCCC)OC(=O)CCCCCCCCC/C=C\C/C=C\CCCCCC. The normalized spacial score (nSPS) is 12.6. The van der Waals surface area contributed by atoms with Gasteiger partial charge < -0.3 is 14.2 Å². The largest absolute Gasteiger partial charge is 0.462 e. The molecular weight excluding hydrogens is 817 g/mol. The van der Waals surface area contributed by atoms with Gasteiger partial charge in [0.05, 0.1) is 0 Å². The molecule has 0 radical (unpaired) electrons. The molecule has 0 heterocycles. The van der Waals surface area contributed by atoms with Gasteiger partial charge in [-0.3, -0.25) is 14.4 Å². The molecule has 0 aromatic carbocycles. The number of carbonyl (C=O) groups excluding carboxylic acids is 3. The molecule has 1 unspecified atom stereocenters. The van der Waals surface area contributed by atoms with Crippen LogP contribution in [0, 0.1) is 0 Å². The average molecular weight is 921 g/mol. The number of hydrogen-bond acceptors (Lipinski definition) is 6. The van der Waals surface area contributed by atoms with E-state index in [1.54, 1.807) is 0 Å². The first-order valence-corrected chi connectivity index (χ1v) is 27.9. The zero-order valence-electron chi connectivity index (χ0n) is 43.4. The van der Waals surface area contributed by atoms with Crippen molar-refractivity contribution in [1.82, 2.24) is 0 Å². The van der Waals surface area contributed by atoms with Gasteiger partial charge in [-0.05, 0) is 89.9 Å². The van der Waals surface area contributed by atoms with Crippen molar-refractivity contribution in [1.29, 1.82) is 0 Å². The van der Waals surface area contributed by atoms with Gasteiger partial charge in [0.2, 0.25) is 0 Å². The molecule has 0 fully saturated rings. The highest BCUT2D eigenvalue weighted by molar-refractivity contribution is 5.71. The van der Waals surface area contributed by atoms with Gasteiger partial charge in [-0.1, -0.05) is 235 Å². The summed E-state index contributed by atoms with van der Waals surface area (Å²) >= 11 is 0. The van der Waals surface area contributed by atoms with Crippen LogP contribution in [0.1, 0.15) is 271 Å². The second-order valence-electron chi connectivity index (χ2n) is 18.5. The van der Waals surface area contributed by atoms with Gasteiger partial charge in [-0.25, -0.2) is 0 Å². The molecule has 1 atom stereocenters. The van der Waals surface area contributed by atoms with E-state index in [2.05, 4.69) is 93.7 Å². The Morgan fingerprint density at radius 3 is 0.939 bits per heavy atom.